The molecule has 116 valence electrons. The van der Waals surface area contributed by atoms with Crippen LogP contribution in [-0.2, 0) is 0 Å². The van der Waals surface area contributed by atoms with E-state index in [1.54, 1.807) is 9.35 Å². The monoisotopic (exact) mass is 324 g/mol. The van der Waals surface area contributed by atoms with E-state index in [-0.39, 0.29) is 12.4 Å². The quantitative estimate of drug-likeness (QED) is 0.473. The number of aromatic nitrogens is 2. The molecule has 0 N–H and O–H groups in total. The van der Waals surface area contributed by atoms with Crippen LogP contribution in [0.1, 0.15) is 17.0 Å². The molecule has 0 amide bonds. The molecular formula is C18H17ClN4. The van der Waals surface area contributed by atoms with Crippen molar-refractivity contribution in [2.75, 3.05) is 0 Å². The molecule has 0 bridgehead atoms. The van der Waals surface area contributed by atoms with Crippen LogP contribution in [0.3, 0.4) is 0 Å². The van der Waals surface area contributed by atoms with Gasteiger partial charge in [-0.1, -0.05) is 70.9 Å². The van der Waals surface area contributed by atoms with Crippen molar-refractivity contribution >= 4 is 12.4 Å². The molecule has 0 unspecified atom stereocenters. The Labute approximate surface area is 141 Å². The van der Waals surface area contributed by atoms with Gasteiger partial charge in [-0.3, -0.25) is 0 Å². The van der Waals surface area contributed by atoms with Crippen LogP contribution in [-0.4, -0.2) is 17.1 Å². The first kappa shape index (κ1) is 16.6. The normalized spacial score (nSPS) is 11.0. The first-order valence-electron chi connectivity index (χ1n) is 7.11. The molecule has 23 heavy (non-hydrogen) atoms. The van der Waals surface area contributed by atoms with Gasteiger partial charge in [0.2, 0.25) is 0 Å². The van der Waals surface area contributed by atoms with Crippen LogP contribution < -0.4 is 17.1 Å². The highest BCUT2D eigenvalue weighted by Crippen LogP contribution is 1.98. The fourth-order valence-electron chi connectivity index (χ4n) is 2.03. The molecule has 0 saturated heterocycles. The molecule has 0 aliphatic carbocycles. The lowest BCUT2D eigenvalue weighted by Gasteiger charge is -1.92. The van der Waals surface area contributed by atoms with Crippen LogP contribution in [0, 0.1) is 6.92 Å². The SMILES string of the molecule is Cc1n(/N=C/c2ccccc2)cc[n+]1/N=C/c1ccccc1.[Cl-]. The van der Waals surface area contributed by atoms with Crippen molar-refractivity contribution in [3.63, 3.8) is 0 Å². The highest BCUT2D eigenvalue weighted by molar-refractivity contribution is 5.79. The minimum atomic E-state index is 0. The fraction of sp³-hybridized carbons (Fsp3) is 0.0556. The number of imidazole rings is 1. The second-order valence-corrected chi connectivity index (χ2v) is 4.85. The molecule has 2 aromatic carbocycles. The Hall–Kier alpha value is -2.72. The van der Waals surface area contributed by atoms with E-state index < -0.39 is 0 Å². The van der Waals surface area contributed by atoms with Crippen LogP contribution in [0.5, 0.6) is 0 Å². The molecular weight excluding hydrogens is 308 g/mol. The van der Waals surface area contributed by atoms with Gasteiger partial charge in [0.25, 0.3) is 0 Å². The highest BCUT2D eigenvalue weighted by atomic mass is 35.5. The molecule has 5 heteroatoms. The topological polar surface area (TPSA) is 33.5 Å². The fourth-order valence-corrected chi connectivity index (χ4v) is 2.03. The predicted molar refractivity (Wildman–Crippen MR) is 88.2 cm³/mol. The summed E-state index contributed by atoms with van der Waals surface area (Å²) in [6, 6.07) is 20.0. The Balaban J connectivity index is 0.00000192. The predicted octanol–water partition coefficient (Wildman–Crippen LogP) is -0.148. The molecule has 3 rings (SSSR count). The minimum absolute atomic E-state index is 0. The van der Waals surface area contributed by atoms with E-state index in [9.17, 15) is 0 Å². The first-order valence-corrected chi connectivity index (χ1v) is 7.11. The summed E-state index contributed by atoms with van der Waals surface area (Å²) in [6.07, 6.45) is 7.44. The van der Waals surface area contributed by atoms with Gasteiger partial charge in [0.1, 0.15) is 0 Å². The molecule has 4 nitrogen and oxygen atoms in total. The summed E-state index contributed by atoms with van der Waals surface area (Å²) >= 11 is 0. The summed E-state index contributed by atoms with van der Waals surface area (Å²) in [5.41, 5.74) is 2.13. The van der Waals surface area contributed by atoms with Gasteiger partial charge in [0, 0.05) is 6.92 Å². The van der Waals surface area contributed by atoms with Gasteiger partial charge in [0.05, 0.1) is 12.4 Å². The van der Waals surface area contributed by atoms with Crippen LogP contribution in [0.15, 0.2) is 83.3 Å². The Bertz CT molecular complexity index is 725. The lowest BCUT2D eigenvalue weighted by Crippen LogP contribution is -3.00. The molecule has 1 aromatic heterocycles. The molecule has 1 heterocycles. The van der Waals surface area contributed by atoms with E-state index in [4.69, 9.17) is 0 Å². The molecule has 0 radical (unpaired) electrons. The largest absolute Gasteiger partial charge is 1.00 e. The maximum absolute atomic E-state index is 4.45. The third-order valence-corrected chi connectivity index (χ3v) is 3.27. The second-order valence-electron chi connectivity index (χ2n) is 4.85. The van der Waals surface area contributed by atoms with Crippen molar-refractivity contribution in [3.8, 4) is 0 Å². The molecule has 0 aliphatic rings. The average Bonchev–Trinajstić information content (AvgIpc) is 2.93. The van der Waals surface area contributed by atoms with Gasteiger partial charge < -0.3 is 12.4 Å². The van der Waals surface area contributed by atoms with Crippen molar-refractivity contribution in [1.82, 2.24) is 4.68 Å². The van der Waals surface area contributed by atoms with E-state index in [1.165, 1.54) is 0 Å². The summed E-state index contributed by atoms with van der Waals surface area (Å²) < 4.78 is 3.60. The number of halogens is 1. The standard InChI is InChI=1S/C18H17N4.ClH/c1-16-21(19-14-17-8-4-2-5-9-17)12-13-22(16)20-15-18-10-6-3-7-11-18;/h2-15H,1H3;1H/q+1;/p-1/b19-14+,20-15+;. The van der Waals surface area contributed by atoms with E-state index >= 15 is 0 Å². The second kappa shape index (κ2) is 8.06. The number of hydrogen-bond acceptors (Lipinski definition) is 2. The van der Waals surface area contributed by atoms with E-state index in [2.05, 4.69) is 10.2 Å². The Morgan fingerprint density at radius 3 is 2.04 bits per heavy atom. The number of benzene rings is 2. The Morgan fingerprint density at radius 2 is 1.43 bits per heavy atom. The molecule has 0 fully saturated rings. The number of hydrogen-bond donors (Lipinski definition) is 0. The van der Waals surface area contributed by atoms with Crippen molar-refractivity contribution in [2.24, 2.45) is 10.2 Å². The van der Waals surface area contributed by atoms with Crippen LogP contribution in [0.25, 0.3) is 0 Å². The van der Waals surface area contributed by atoms with Crippen LogP contribution in [0.4, 0.5) is 0 Å². The molecule has 0 saturated carbocycles. The van der Waals surface area contributed by atoms with Gasteiger partial charge in [0.15, 0.2) is 12.4 Å². The zero-order chi connectivity index (χ0) is 15.2. The summed E-state index contributed by atoms with van der Waals surface area (Å²) in [5, 5.41) is 8.90. The van der Waals surface area contributed by atoms with E-state index in [0.29, 0.717) is 0 Å². The summed E-state index contributed by atoms with van der Waals surface area (Å²) in [6.45, 7) is 1.98. The third kappa shape index (κ3) is 4.37. The smallest absolute Gasteiger partial charge is 0.304 e. The number of rotatable bonds is 4. The minimum Gasteiger partial charge on any atom is -1.00 e. The summed E-state index contributed by atoms with van der Waals surface area (Å²) in [7, 11) is 0. The van der Waals surface area contributed by atoms with Gasteiger partial charge >= 0.3 is 5.82 Å². The van der Waals surface area contributed by atoms with Crippen molar-refractivity contribution in [2.45, 2.75) is 6.92 Å². The molecule has 0 spiro atoms. The average molecular weight is 325 g/mol. The van der Waals surface area contributed by atoms with Crippen LogP contribution in [0.2, 0.25) is 0 Å². The van der Waals surface area contributed by atoms with Crippen molar-refractivity contribution in [3.05, 3.63) is 90.0 Å². The Morgan fingerprint density at radius 1 is 0.870 bits per heavy atom. The zero-order valence-corrected chi connectivity index (χ0v) is 13.5. The third-order valence-electron chi connectivity index (χ3n) is 3.27. The van der Waals surface area contributed by atoms with Gasteiger partial charge in [-0.05, 0) is 11.1 Å². The zero-order valence-electron chi connectivity index (χ0n) is 12.7. The van der Waals surface area contributed by atoms with Gasteiger partial charge in [-0.25, -0.2) is 0 Å². The lowest BCUT2D eigenvalue weighted by molar-refractivity contribution is -0.684. The summed E-state index contributed by atoms with van der Waals surface area (Å²) in [4.78, 5) is 0. The molecule has 0 aliphatic heterocycles. The maximum atomic E-state index is 4.45. The maximum Gasteiger partial charge on any atom is 0.304 e. The Kier molecular flexibility index (Phi) is 5.83. The van der Waals surface area contributed by atoms with Crippen molar-refractivity contribution in [1.29, 1.82) is 0 Å². The molecule has 0 atom stereocenters. The summed E-state index contributed by atoms with van der Waals surface area (Å²) in [5.74, 6) is 0.930. The van der Waals surface area contributed by atoms with E-state index in [0.717, 1.165) is 17.0 Å². The van der Waals surface area contributed by atoms with Gasteiger partial charge in [-0.2, -0.15) is 0 Å². The molecule has 3 aromatic rings. The van der Waals surface area contributed by atoms with Gasteiger partial charge in [-0.15, -0.1) is 9.35 Å². The lowest BCUT2D eigenvalue weighted by atomic mass is 10.2. The highest BCUT2D eigenvalue weighted by Gasteiger charge is 2.10. The van der Waals surface area contributed by atoms with Crippen molar-refractivity contribution < 1.29 is 17.1 Å². The van der Waals surface area contributed by atoms with E-state index in [1.807, 2.05) is 92.4 Å². The number of nitrogens with zero attached hydrogens (tertiary/aromatic N) is 4. The first-order chi connectivity index (χ1) is 10.8. The van der Waals surface area contributed by atoms with Crippen LogP contribution >= 0.6 is 0 Å².